The van der Waals surface area contributed by atoms with Crippen LogP contribution in [-0.4, -0.2) is 12.8 Å². The maximum atomic E-state index is 4.06. The second-order valence-electron chi connectivity index (χ2n) is 4.01. The monoisotopic (exact) mass is 235 g/mol. The second kappa shape index (κ2) is 6.77. The molecule has 0 fully saturated rings. The topological polar surface area (TPSA) is 12.0 Å². The van der Waals surface area contributed by atoms with Crippen LogP contribution in [0.2, 0.25) is 0 Å². The summed E-state index contributed by atoms with van der Waals surface area (Å²) >= 11 is 1.77. The molecule has 0 radical (unpaired) electrons. The van der Waals surface area contributed by atoms with Crippen molar-refractivity contribution in [2.45, 2.75) is 31.2 Å². The van der Waals surface area contributed by atoms with Gasteiger partial charge in [0.2, 0.25) is 0 Å². The van der Waals surface area contributed by atoms with Gasteiger partial charge in [-0.25, -0.2) is 0 Å². The van der Waals surface area contributed by atoms with E-state index < -0.39 is 0 Å². The molecule has 0 heterocycles. The summed E-state index contributed by atoms with van der Waals surface area (Å²) in [6, 6.07) is 9.00. The largest absolute Gasteiger partial charge is 0.307 e. The first-order chi connectivity index (χ1) is 7.69. The lowest BCUT2D eigenvalue weighted by Crippen LogP contribution is -2.22. The lowest BCUT2D eigenvalue weighted by Gasteiger charge is -2.19. The molecule has 1 unspecified atom stereocenters. The Balaban J connectivity index is 2.79. The molecule has 0 aliphatic carbocycles. The molecule has 0 saturated carbocycles. The minimum atomic E-state index is 0.288. The van der Waals surface area contributed by atoms with Crippen LogP contribution in [-0.2, 0) is 0 Å². The van der Waals surface area contributed by atoms with Crippen LogP contribution in [0.1, 0.15) is 31.9 Å². The number of benzene rings is 1. The first-order valence-electron chi connectivity index (χ1n) is 5.71. The predicted molar refractivity (Wildman–Crippen MR) is 74.1 cm³/mol. The van der Waals surface area contributed by atoms with Crippen LogP contribution in [0.4, 0.5) is 0 Å². The molecule has 0 aliphatic rings. The van der Waals surface area contributed by atoms with E-state index in [1.165, 1.54) is 16.0 Å². The zero-order valence-corrected chi connectivity index (χ0v) is 11.2. The van der Waals surface area contributed by atoms with Crippen molar-refractivity contribution in [3.8, 4) is 0 Å². The molecule has 1 rings (SSSR count). The summed E-state index contributed by atoms with van der Waals surface area (Å²) in [6.07, 6.45) is 3.24. The molecule has 1 aromatic rings. The molecule has 1 aromatic carbocycles. The smallest absolute Gasteiger partial charge is 0.0530 e. The summed E-state index contributed by atoms with van der Waals surface area (Å²) in [5.74, 6) is 0. The Labute approximate surface area is 103 Å². The van der Waals surface area contributed by atoms with Gasteiger partial charge in [-0.2, -0.15) is 0 Å². The number of hydrogen-bond acceptors (Lipinski definition) is 2. The van der Waals surface area contributed by atoms with E-state index in [-0.39, 0.29) is 6.04 Å². The van der Waals surface area contributed by atoms with Crippen LogP contribution in [0.5, 0.6) is 0 Å². The third-order valence-corrected chi connectivity index (χ3v) is 3.28. The van der Waals surface area contributed by atoms with E-state index in [4.69, 9.17) is 0 Å². The fourth-order valence-corrected chi connectivity index (χ4v) is 2.07. The average molecular weight is 235 g/mol. The van der Waals surface area contributed by atoms with Crippen molar-refractivity contribution >= 4 is 11.8 Å². The highest BCUT2D eigenvalue weighted by Crippen LogP contribution is 2.23. The summed E-state index contributed by atoms with van der Waals surface area (Å²) < 4.78 is 0. The molecule has 0 amide bonds. The normalized spacial score (nSPS) is 12.4. The van der Waals surface area contributed by atoms with E-state index in [2.05, 4.69) is 56.3 Å². The van der Waals surface area contributed by atoms with Gasteiger partial charge >= 0.3 is 0 Å². The highest BCUT2D eigenvalue weighted by Gasteiger charge is 2.10. The lowest BCUT2D eigenvalue weighted by atomic mass is 10.0. The third kappa shape index (κ3) is 3.69. The van der Waals surface area contributed by atoms with E-state index in [0.717, 1.165) is 13.0 Å². The summed E-state index contributed by atoms with van der Waals surface area (Å²) in [5, 5.41) is 3.52. The quantitative estimate of drug-likeness (QED) is 0.590. The molecule has 0 aromatic heterocycles. The molecular weight excluding hydrogens is 214 g/mol. The van der Waals surface area contributed by atoms with Gasteiger partial charge in [0.15, 0.2) is 0 Å². The first kappa shape index (κ1) is 13.3. The summed E-state index contributed by atoms with van der Waals surface area (Å²) in [4.78, 5) is 1.31. The number of thioether (sulfide) groups is 1. The molecule has 0 saturated heterocycles. The van der Waals surface area contributed by atoms with E-state index in [1.54, 1.807) is 11.8 Å². The Hall–Kier alpha value is -0.730. The lowest BCUT2D eigenvalue weighted by molar-refractivity contribution is 0.591. The van der Waals surface area contributed by atoms with Crippen molar-refractivity contribution in [2.75, 3.05) is 12.8 Å². The Bertz CT molecular complexity index is 329. The van der Waals surface area contributed by atoms with Crippen molar-refractivity contribution in [3.05, 3.63) is 42.0 Å². The summed E-state index contributed by atoms with van der Waals surface area (Å²) in [6.45, 7) is 9.35. The Kier molecular flexibility index (Phi) is 5.64. The highest BCUT2D eigenvalue weighted by atomic mass is 32.2. The van der Waals surface area contributed by atoms with E-state index in [9.17, 15) is 0 Å². The molecule has 1 N–H and O–H groups in total. The zero-order valence-electron chi connectivity index (χ0n) is 10.4. The molecule has 88 valence electrons. The number of nitrogens with one attached hydrogen (secondary N) is 1. The molecule has 0 spiro atoms. The Morgan fingerprint density at radius 1 is 1.38 bits per heavy atom. The van der Waals surface area contributed by atoms with Crippen LogP contribution < -0.4 is 5.32 Å². The fourth-order valence-electron chi connectivity index (χ4n) is 1.66. The fraction of sp³-hybridized carbons (Fsp3) is 0.429. The van der Waals surface area contributed by atoms with Crippen molar-refractivity contribution in [3.63, 3.8) is 0 Å². The molecule has 0 bridgehead atoms. The van der Waals surface area contributed by atoms with Gasteiger partial charge in [-0.3, -0.25) is 0 Å². The summed E-state index contributed by atoms with van der Waals surface area (Å²) in [5.41, 5.74) is 2.48. The molecular formula is C14H21NS. The van der Waals surface area contributed by atoms with Gasteiger partial charge in [0.05, 0.1) is 6.04 Å². The molecule has 1 nitrogen and oxygen atoms in total. The van der Waals surface area contributed by atoms with Gasteiger partial charge in [0.1, 0.15) is 0 Å². The highest BCUT2D eigenvalue weighted by molar-refractivity contribution is 7.98. The zero-order chi connectivity index (χ0) is 12.0. The SMILES string of the molecule is C=C(C)C(NCCC)c1ccc(SC)cc1. The van der Waals surface area contributed by atoms with Crippen LogP contribution in [0.3, 0.4) is 0 Å². The van der Waals surface area contributed by atoms with Crippen molar-refractivity contribution < 1.29 is 0 Å². The van der Waals surface area contributed by atoms with E-state index >= 15 is 0 Å². The number of rotatable bonds is 6. The van der Waals surface area contributed by atoms with Gasteiger partial charge in [-0.05, 0) is 43.8 Å². The minimum absolute atomic E-state index is 0.288. The molecule has 1 atom stereocenters. The maximum absolute atomic E-state index is 4.06. The molecule has 0 aliphatic heterocycles. The van der Waals surface area contributed by atoms with Crippen molar-refractivity contribution in [1.82, 2.24) is 5.32 Å². The third-order valence-electron chi connectivity index (χ3n) is 2.54. The summed E-state index contributed by atoms with van der Waals surface area (Å²) in [7, 11) is 0. The number of hydrogen-bond donors (Lipinski definition) is 1. The van der Waals surface area contributed by atoms with E-state index in [1.807, 2.05) is 0 Å². The Morgan fingerprint density at radius 2 is 2.00 bits per heavy atom. The minimum Gasteiger partial charge on any atom is -0.307 e. The van der Waals surface area contributed by atoms with Gasteiger partial charge < -0.3 is 5.32 Å². The van der Waals surface area contributed by atoms with Gasteiger partial charge in [-0.1, -0.05) is 31.2 Å². The van der Waals surface area contributed by atoms with Gasteiger partial charge in [0, 0.05) is 4.90 Å². The Morgan fingerprint density at radius 3 is 2.44 bits per heavy atom. The average Bonchev–Trinajstić information content (AvgIpc) is 2.30. The van der Waals surface area contributed by atoms with Crippen LogP contribution in [0.15, 0.2) is 41.3 Å². The molecule has 16 heavy (non-hydrogen) atoms. The standard InChI is InChI=1S/C14H21NS/c1-5-10-15-14(11(2)3)12-6-8-13(16-4)9-7-12/h6-9,14-15H,2,5,10H2,1,3-4H3. The first-order valence-corrected chi connectivity index (χ1v) is 6.94. The van der Waals surface area contributed by atoms with Crippen LogP contribution in [0, 0.1) is 0 Å². The maximum Gasteiger partial charge on any atom is 0.0530 e. The van der Waals surface area contributed by atoms with Crippen LogP contribution >= 0.6 is 11.8 Å². The van der Waals surface area contributed by atoms with Crippen LogP contribution in [0.25, 0.3) is 0 Å². The van der Waals surface area contributed by atoms with Crippen molar-refractivity contribution in [2.24, 2.45) is 0 Å². The van der Waals surface area contributed by atoms with Gasteiger partial charge in [-0.15, -0.1) is 11.8 Å². The van der Waals surface area contributed by atoms with Crippen molar-refractivity contribution in [1.29, 1.82) is 0 Å². The second-order valence-corrected chi connectivity index (χ2v) is 4.89. The molecule has 2 heteroatoms. The van der Waals surface area contributed by atoms with E-state index in [0.29, 0.717) is 0 Å². The van der Waals surface area contributed by atoms with Gasteiger partial charge in [0.25, 0.3) is 0 Å². The predicted octanol–water partition coefficient (Wildman–Crippen LogP) is 4.03.